The molecule has 1 atom stereocenters. The second-order valence-corrected chi connectivity index (χ2v) is 10.0. The lowest BCUT2D eigenvalue weighted by Crippen LogP contribution is -2.48. The summed E-state index contributed by atoms with van der Waals surface area (Å²) < 4.78 is 90.2. The highest BCUT2D eigenvalue weighted by Gasteiger charge is 2.61. The second-order valence-electron chi connectivity index (χ2n) is 10.0. The highest BCUT2D eigenvalue weighted by atomic mass is 19.4. The number of rotatable bonds is 6. The molecule has 4 heterocycles. The summed E-state index contributed by atoms with van der Waals surface area (Å²) in [6.45, 7) is 5.02. The van der Waals surface area contributed by atoms with Crippen LogP contribution in [0.15, 0.2) is 6.07 Å². The van der Waals surface area contributed by atoms with Crippen molar-refractivity contribution < 1.29 is 40.6 Å². The number of carbonyl (C=O) groups excluding carboxylic acids is 1. The summed E-state index contributed by atoms with van der Waals surface area (Å²) in [5.74, 6) is -1.49. The van der Waals surface area contributed by atoms with Crippen LogP contribution in [0, 0.1) is 5.41 Å². The Bertz CT molecular complexity index is 893. The summed E-state index contributed by atoms with van der Waals surface area (Å²) in [4.78, 5) is 14.6. The molecule has 0 bridgehead atoms. The molecule has 0 amide bonds. The largest absolute Gasteiger partial charge is 0.442 e. The van der Waals surface area contributed by atoms with E-state index in [2.05, 4.69) is 10.1 Å². The van der Waals surface area contributed by atoms with Gasteiger partial charge in [-0.3, -0.25) is 14.4 Å². The molecule has 0 radical (unpaired) electrons. The molecule has 3 aliphatic rings. The molecule has 0 aromatic carbocycles. The number of aromatic nitrogens is 2. The van der Waals surface area contributed by atoms with E-state index in [0.29, 0.717) is 52.1 Å². The van der Waals surface area contributed by atoms with Crippen LogP contribution in [-0.4, -0.2) is 78.0 Å². The predicted octanol–water partition coefficient (Wildman–Crippen LogP) is 3.78. The molecular formula is C23H32F6N4O3. The van der Waals surface area contributed by atoms with E-state index >= 15 is 0 Å². The first-order valence-electron chi connectivity index (χ1n) is 12.4. The van der Waals surface area contributed by atoms with E-state index in [-0.39, 0.29) is 24.4 Å². The molecule has 0 saturated carbocycles. The van der Waals surface area contributed by atoms with Crippen LogP contribution in [0.4, 0.5) is 26.3 Å². The van der Waals surface area contributed by atoms with Gasteiger partial charge in [-0.2, -0.15) is 31.4 Å². The normalized spacial score (nSPS) is 24.1. The van der Waals surface area contributed by atoms with Crippen LogP contribution in [0.5, 0.6) is 0 Å². The maximum Gasteiger partial charge on any atom is 0.434 e. The number of hydrogen-bond donors (Lipinski definition) is 1. The highest BCUT2D eigenvalue weighted by molar-refractivity contribution is 5.76. The summed E-state index contributed by atoms with van der Waals surface area (Å²) in [6.07, 6.45) is -12.0. The van der Waals surface area contributed by atoms with E-state index in [1.165, 1.54) is 0 Å². The molecule has 1 unspecified atom stereocenters. The molecule has 1 spiro atoms. The monoisotopic (exact) mass is 526 g/mol. The predicted molar refractivity (Wildman–Crippen MR) is 116 cm³/mol. The third kappa shape index (κ3) is 5.99. The van der Waals surface area contributed by atoms with Crippen molar-refractivity contribution >= 4 is 5.97 Å². The minimum Gasteiger partial charge on any atom is -0.442 e. The lowest BCUT2D eigenvalue weighted by molar-refractivity contribution is -0.314. The number of carbonyl (C=O) groups is 1. The van der Waals surface area contributed by atoms with E-state index < -0.39 is 30.5 Å². The molecule has 204 valence electrons. The lowest BCUT2D eigenvalue weighted by Gasteiger charge is -2.33. The fraction of sp³-hybridized carbons (Fsp3) is 0.826. The molecule has 13 heteroatoms. The van der Waals surface area contributed by atoms with Crippen molar-refractivity contribution in [2.75, 3.05) is 32.8 Å². The topological polar surface area (TPSA) is 68.6 Å². The Morgan fingerprint density at radius 3 is 2.42 bits per heavy atom. The number of esters is 1. The Kier molecular flexibility index (Phi) is 7.92. The Morgan fingerprint density at radius 1 is 1.19 bits per heavy atom. The Balaban J connectivity index is 1.60. The van der Waals surface area contributed by atoms with Crippen molar-refractivity contribution in [2.45, 2.75) is 82.5 Å². The van der Waals surface area contributed by atoms with Gasteiger partial charge in [0.2, 0.25) is 0 Å². The molecule has 1 aromatic rings. The summed E-state index contributed by atoms with van der Waals surface area (Å²) in [6, 6.07) is 0.771. The van der Waals surface area contributed by atoms with Crippen LogP contribution in [0.25, 0.3) is 0 Å². The smallest absolute Gasteiger partial charge is 0.434 e. The summed E-state index contributed by atoms with van der Waals surface area (Å²) >= 11 is 0. The van der Waals surface area contributed by atoms with Crippen LogP contribution in [0.3, 0.4) is 0 Å². The van der Waals surface area contributed by atoms with Crippen molar-refractivity contribution in [3.8, 4) is 0 Å². The van der Waals surface area contributed by atoms with E-state index in [9.17, 15) is 31.1 Å². The van der Waals surface area contributed by atoms with Gasteiger partial charge in [0.1, 0.15) is 6.04 Å². The first-order chi connectivity index (χ1) is 16.9. The standard InChI is InChI=1S/C23H32F6N4O3/c1-2-15-11-17(33(31-15)16-3-9-35-10-4-16)13-32-14-21(5-7-30-8-6-21)12-18(32)19(34)36-20(22(24,25)26)23(27,28)29/h11,16,18,20,30H,2-10,12-14H2,1H3. The van der Waals surface area contributed by atoms with Crippen LogP contribution in [0.2, 0.25) is 0 Å². The van der Waals surface area contributed by atoms with Crippen molar-refractivity contribution in [3.05, 3.63) is 17.5 Å². The fourth-order valence-corrected chi connectivity index (χ4v) is 5.61. The maximum absolute atomic E-state index is 13.1. The van der Waals surface area contributed by atoms with Gasteiger partial charge in [0, 0.05) is 26.3 Å². The number of piperidine rings is 1. The van der Waals surface area contributed by atoms with Gasteiger partial charge in [0.05, 0.1) is 17.4 Å². The number of likely N-dealkylation sites (tertiary alicyclic amines) is 1. The van der Waals surface area contributed by atoms with Gasteiger partial charge in [0.25, 0.3) is 6.10 Å². The highest BCUT2D eigenvalue weighted by Crippen LogP contribution is 2.44. The van der Waals surface area contributed by atoms with E-state index in [0.717, 1.165) is 24.2 Å². The van der Waals surface area contributed by atoms with Crippen LogP contribution >= 0.6 is 0 Å². The van der Waals surface area contributed by atoms with Crippen molar-refractivity contribution in [2.24, 2.45) is 5.41 Å². The number of nitrogens with zero attached hydrogens (tertiary/aromatic N) is 3. The third-order valence-electron chi connectivity index (χ3n) is 7.50. The van der Waals surface area contributed by atoms with E-state index in [4.69, 9.17) is 9.84 Å². The molecule has 3 aliphatic heterocycles. The molecular weight excluding hydrogens is 494 g/mol. The minimum atomic E-state index is -5.75. The molecule has 3 saturated heterocycles. The minimum absolute atomic E-state index is 0.0785. The zero-order valence-electron chi connectivity index (χ0n) is 20.1. The first kappa shape index (κ1) is 27.2. The van der Waals surface area contributed by atoms with Crippen LogP contribution < -0.4 is 5.32 Å². The van der Waals surface area contributed by atoms with Gasteiger partial charge in [-0.25, -0.2) is 0 Å². The van der Waals surface area contributed by atoms with Crippen molar-refractivity contribution in [1.82, 2.24) is 20.0 Å². The van der Waals surface area contributed by atoms with Crippen LogP contribution in [0.1, 0.15) is 56.5 Å². The first-order valence-corrected chi connectivity index (χ1v) is 12.4. The average molecular weight is 527 g/mol. The SMILES string of the molecule is CCc1cc(CN2CC3(CCNCC3)CC2C(=O)OC(C(F)(F)F)C(F)(F)F)n(C2CCOCC2)n1. The van der Waals surface area contributed by atoms with Gasteiger partial charge in [0.15, 0.2) is 0 Å². The summed E-state index contributed by atoms with van der Waals surface area (Å²) in [7, 11) is 0. The van der Waals surface area contributed by atoms with Crippen molar-refractivity contribution in [3.63, 3.8) is 0 Å². The molecule has 3 fully saturated rings. The Hall–Kier alpha value is -1.86. The molecule has 7 nitrogen and oxygen atoms in total. The molecule has 36 heavy (non-hydrogen) atoms. The van der Waals surface area contributed by atoms with E-state index in [1.807, 2.05) is 17.7 Å². The Morgan fingerprint density at radius 2 is 1.83 bits per heavy atom. The van der Waals surface area contributed by atoms with Gasteiger partial charge >= 0.3 is 18.3 Å². The summed E-state index contributed by atoms with van der Waals surface area (Å²) in [5, 5.41) is 7.91. The zero-order chi connectivity index (χ0) is 26.1. The molecule has 1 aromatic heterocycles. The third-order valence-corrected chi connectivity index (χ3v) is 7.50. The number of ether oxygens (including phenoxy) is 2. The number of alkyl halides is 6. The summed E-state index contributed by atoms with van der Waals surface area (Å²) in [5.41, 5.74) is 1.24. The quantitative estimate of drug-likeness (QED) is 0.450. The van der Waals surface area contributed by atoms with Crippen molar-refractivity contribution in [1.29, 1.82) is 0 Å². The van der Waals surface area contributed by atoms with Gasteiger partial charge in [-0.1, -0.05) is 6.92 Å². The van der Waals surface area contributed by atoms with Gasteiger partial charge in [-0.15, -0.1) is 0 Å². The maximum atomic E-state index is 13.1. The lowest BCUT2D eigenvalue weighted by atomic mass is 9.77. The average Bonchev–Trinajstić information content (AvgIpc) is 3.38. The van der Waals surface area contributed by atoms with Gasteiger partial charge in [-0.05, 0) is 63.1 Å². The second kappa shape index (κ2) is 10.5. The van der Waals surface area contributed by atoms with Crippen LogP contribution in [-0.2, 0) is 27.2 Å². The molecule has 0 aliphatic carbocycles. The number of hydrogen-bond acceptors (Lipinski definition) is 6. The number of nitrogens with one attached hydrogen (secondary N) is 1. The van der Waals surface area contributed by atoms with Gasteiger partial charge < -0.3 is 14.8 Å². The zero-order valence-corrected chi connectivity index (χ0v) is 20.1. The number of halogens is 6. The Labute approximate surface area is 205 Å². The molecule has 1 N–H and O–H groups in total. The van der Waals surface area contributed by atoms with E-state index in [1.54, 1.807) is 4.90 Å². The molecule has 4 rings (SSSR count). The number of aryl methyl sites for hydroxylation is 1. The fourth-order valence-electron chi connectivity index (χ4n) is 5.61.